The Morgan fingerprint density at radius 1 is 1.38 bits per heavy atom. The van der Waals surface area contributed by atoms with Gasteiger partial charge >= 0.3 is 0 Å². The molecule has 0 unspecified atom stereocenters. The van der Waals surface area contributed by atoms with Crippen LogP contribution in [0.4, 0.5) is 0 Å². The molecular formula is C19H30N6O. The number of likely N-dealkylation sites (tertiary alicyclic amines) is 1. The van der Waals surface area contributed by atoms with Gasteiger partial charge in [-0.05, 0) is 39.9 Å². The zero-order chi connectivity index (χ0) is 18.7. The normalized spacial score (nSPS) is 17.0. The summed E-state index contributed by atoms with van der Waals surface area (Å²) >= 11 is 0. The molecule has 0 aliphatic carbocycles. The van der Waals surface area contributed by atoms with E-state index in [1.165, 1.54) is 0 Å². The number of aryl methyl sites for hydroxylation is 1. The van der Waals surface area contributed by atoms with Crippen molar-refractivity contribution in [3.8, 4) is 0 Å². The standard InChI is InChI=1S/C19H30N6O/c1-5-18-20-8-11-25(18)14(2)19(26)24-9-6-15(7-10-24)17-12-16(21-22-17)13-23(3)4/h8,11-12,14-15H,5-7,9-10,13H2,1-4H3,(H,21,22)/t14-/m1/s1. The Bertz CT molecular complexity index is 726. The molecule has 142 valence electrons. The molecule has 7 nitrogen and oxygen atoms in total. The first-order valence-electron chi connectivity index (χ1n) is 9.49. The van der Waals surface area contributed by atoms with Gasteiger partial charge in [-0.25, -0.2) is 4.98 Å². The van der Waals surface area contributed by atoms with Crippen LogP contribution in [0.2, 0.25) is 0 Å². The van der Waals surface area contributed by atoms with Crippen LogP contribution < -0.4 is 0 Å². The Morgan fingerprint density at radius 3 is 2.77 bits per heavy atom. The van der Waals surface area contributed by atoms with Crippen molar-refractivity contribution in [1.82, 2.24) is 29.5 Å². The molecular weight excluding hydrogens is 328 g/mol. The third-order valence-electron chi connectivity index (χ3n) is 5.20. The van der Waals surface area contributed by atoms with Crippen molar-refractivity contribution in [2.24, 2.45) is 0 Å². The number of carbonyl (C=O) groups is 1. The molecule has 2 aromatic rings. The summed E-state index contributed by atoms with van der Waals surface area (Å²) in [5.41, 5.74) is 2.27. The number of aromatic amines is 1. The molecule has 1 saturated heterocycles. The van der Waals surface area contributed by atoms with Crippen molar-refractivity contribution in [2.45, 2.75) is 51.6 Å². The molecule has 1 fully saturated rings. The van der Waals surface area contributed by atoms with Gasteiger partial charge < -0.3 is 14.4 Å². The van der Waals surface area contributed by atoms with Crippen LogP contribution in [0, 0.1) is 0 Å². The predicted octanol–water partition coefficient (Wildman–Crippen LogP) is 2.20. The second-order valence-electron chi connectivity index (χ2n) is 7.44. The number of imidazole rings is 1. The van der Waals surface area contributed by atoms with Crippen LogP contribution in [0.25, 0.3) is 0 Å². The number of aromatic nitrogens is 4. The highest BCUT2D eigenvalue weighted by Gasteiger charge is 2.29. The summed E-state index contributed by atoms with van der Waals surface area (Å²) in [4.78, 5) is 21.3. The third-order valence-corrected chi connectivity index (χ3v) is 5.20. The third kappa shape index (κ3) is 3.98. The first-order chi connectivity index (χ1) is 12.5. The van der Waals surface area contributed by atoms with E-state index in [0.29, 0.717) is 5.92 Å². The van der Waals surface area contributed by atoms with Gasteiger partial charge in [-0.1, -0.05) is 6.92 Å². The lowest BCUT2D eigenvalue weighted by molar-refractivity contribution is -0.135. The van der Waals surface area contributed by atoms with Crippen LogP contribution in [-0.4, -0.2) is 62.6 Å². The highest BCUT2D eigenvalue weighted by atomic mass is 16.2. The molecule has 0 bridgehead atoms. The number of hydrogen-bond acceptors (Lipinski definition) is 4. The molecule has 1 aliphatic rings. The van der Waals surface area contributed by atoms with Crippen LogP contribution in [0.5, 0.6) is 0 Å². The topological polar surface area (TPSA) is 70.1 Å². The number of carbonyl (C=O) groups excluding carboxylic acids is 1. The number of hydrogen-bond donors (Lipinski definition) is 1. The van der Waals surface area contributed by atoms with Gasteiger partial charge in [0.05, 0.1) is 5.69 Å². The van der Waals surface area contributed by atoms with Gasteiger partial charge in [0.1, 0.15) is 11.9 Å². The molecule has 0 saturated carbocycles. The molecule has 1 aliphatic heterocycles. The van der Waals surface area contributed by atoms with Crippen molar-refractivity contribution in [3.05, 3.63) is 35.7 Å². The first-order valence-corrected chi connectivity index (χ1v) is 9.49. The first kappa shape index (κ1) is 18.6. The van der Waals surface area contributed by atoms with Gasteiger partial charge in [0.25, 0.3) is 0 Å². The van der Waals surface area contributed by atoms with Crippen molar-refractivity contribution in [1.29, 1.82) is 0 Å². The lowest BCUT2D eigenvalue weighted by atomic mass is 9.93. The number of amides is 1. The smallest absolute Gasteiger partial charge is 0.245 e. The largest absolute Gasteiger partial charge is 0.341 e. The Balaban J connectivity index is 1.58. The zero-order valence-electron chi connectivity index (χ0n) is 16.3. The van der Waals surface area contributed by atoms with Gasteiger partial charge in [-0.2, -0.15) is 5.10 Å². The van der Waals surface area contributed by atoms with Gasteiger partial charge in [0, 0.05) is 50.1 Å². The van der Waals surface area contributed by atoms with Crippen LogP contribution in [0.1, 0.15) is 55.9 Å². The fraction of sp³-hybridized carbons (Fsp3) is 0.632. The summed E-state index contributed by atoms with van der Waals surface area (Å²) in [5.74, 6) is 1.58. The molecule has 0 aromatic carbocycles. The fourth-order valence-electron chi connectivity index (χ4n) is 3.76. The minimum absolute atomic E-state index is 0.187. The average Bonchev–Trinajstić information content (AvgIpc) is 3.29. The van der Waals surface area contributed by atoms with Crippen molar-refractivity contribution in [3.63, 3.8) is 0 Å². The predicted molar refractivity (Wildman–Crippen MR) is 101 cm³/mol. The molecule has 0 radical (unpaired) electrons. The number of nitrogens with one attached hydrogen (secondary N) is 1. The minimum Gasteiger partial charge on any atom is -0.341 e. The van der Waals surface area contributed by atoms with E-state index in [0.717, 1.165) is 56.1 Å². The van der Waals surface area contributed by atoms with E-state index >= 15 is 0 Å². The fourth-order valence-corrected chi connectivity index (χ4v) is 3.76. The minimum atomic E-state index is -0.193. The van der Waals surface area contributed by atoms with Gasteiger partial charge in [-0.15, -0.1) is 0 Å². The van der Waals surface area contributed by atoms with Crippen molar-refractivity contribution >= 4 is 5.91 Å². The van der Waals surface area contributed by atoms with Crippen LogP contribution in [0.15, 0.2) is 18.5 Å². The number of piperidine rings is 1. The van der Waals surface area contributed by atoms with Gasteiger partial charge in [0.2, 0.25) is 5.91 Å². The SMILES string of the molecule is CCc1nccn1[C@H](C)C(=O)N1CCC(c2cc(CN(C)C)[nH]n2)CC1. The van der Waals surface area contributed by atoms with Gasteiger partial charge in [-0.3, -0.25) is 9.89 Å². The summed E-state index contributed by atoms with van der Waals surface area (Å²) in [6.45, 7) is 6.48. The maximum atomic E-state index is 12.9. The van der Waals surface area contributed by atoms with Gasteiger partial charge in [0.15, 0.2) is 0 Å². The lowest BCUT2D eigenvalue weighted by Gasteiger charge is -2.33. The van der Waals surface area contributed by atoms with Crippen molar-refractivity contribution in [2.75, 3.05) is 27.2 Å². The molecule has 1 amide bonds. The number of H-pyrrole nitrogens is 1. The quantitative estimate of drug-likeness (QED) is 0.859. The summed E-state index contributed by atoms with van der Waals surface area (Å²) in [6.07, 6.45) is 6.45. The molecule has 26 heavy (non-hydrogen) atoms. The van der Waals surface area contributed by atoms with E-state index in [2.05, 4.69) is 47.2 Å². The summed E-state index contributed by atoms with van der Waals surface area (Å²) in [7, 11) is 4.10. The molecule has 0 spiro atoms. The van der Waals surface area contributed by atoms with Crippen molar-refractivity contribution < 1.29 is 4.79 Å². The van der Waals surface area contributed by atoms with E-state index in [9.17, 15) is 4.79 Å². The van der Waals surface area contributed by atoms with E-state index in [4.69, 9.17) is 0 Å². The zero-order valence-corrected chi connectivity index (χ0v) is 16.3. The second kappa shape index (κ2) is 8.03. The molecule has 3 heterocycles. The van der Waals surface area contributed by atoms with E-state index in [-0.39, 0.29) is 11.9 Å². The maximum Gasteiger partial charge on any atom is 0.245 e. The molecule has 1 N–H and O–H groups in total. The Kier molecular flexibility index (Phi) is 5.76. The Hall–Kier alpha value is -2.15. The van der Waals surface area contributed by atoms with E-state index < -0.39 is 0 Å². The van der Waals surface area contributed by atoms with E-state index in [1.54, 1.807) is 6.20 Å². The van der Waals surface area contributed by atoms with Crippen LogP contribution in [-0.2, 0) is 17.8 Å². The lowest BCUT2D eigenvalue weighted by Crippen LogP contribution is -2.41. The molecule has 3 rings (SSSR count). The van der Waals surface area contributed by atoms with E-state index in [1.807, 2.05) is 22.6 Å². The van der Waals surface area contributed by atoms with Crippen LogP contribution >= 0.6 is 0 Å². The summed E-state index contributed by atoms with van der Waals surface area (Å²) in [5, 5.41) is 7.63. The number of rotatable bonds is 6. The Labute approximate surface area is 155 Å². The molecule has 1 atom stereocenters. The monoisotopic (exact) mass is 358 g/mol. The highest BCUT2D eigenvalue weighted by molar-refractivity contribution is 5.80. The van der Waals surface area contributed by atoms with Crippen LogP contribution in [0.3, 0.4) is 0 Å². The summed E-state index contributed by atoms with van der Waals surface area (Å²) in [6, 6.07) is 1.98. The Morgan fingerprint density at radius 2 is 2.12 bits per heavy atom. The average molecular weight is 358 g/mol. The molecule has 2 aromatic heterocycles. The number of nitrogens with zero attached hydrogens (tertiary/aromatic N) is 5. The maximum absolute atomic E-state index is 12.9. The second-order valence-corrected chi connectivity index (χ2v) is 7.44. The highest BCUT2D eigenvalue weighted by Crippen LogP contribution is 2.28. The summed E-state index contributed by atoms with van der Waals surface area (Å²) < 4.78 is 2.00. The molecule has 7 heteroatoms.